The van der Waals surface area contributed by atoms with Crippen molar-refractivity contribution >= 4 is 46.3 Å². The molecule has 0 bridgehead atoms. The van der Waals surface area contributed by atoms with Gasteiger partial charge < -0.3 is 14.6 Å². The Morgan fingerprint density at radius 2 is 2.09 bits per heavy atom. The Kier molecular flexibility index (Phi) is 6.18. The molecule has 2 rings (SSSR count). The van der Waals surface area contributed by atoms with E-state index < -0.39 is 5.97 Å². The first kappa shape index (κ1) is 17.5. The Bertz CT molecular complexity index is 640. The molecular weight excluding hydrogens is 334 g/mol. The van der Waals surface area contributed by atoms with E-state index in [0.717, 1.165) is 17.7 Å². The lowest BCUT2D eigenvalue weighted by molar-refractivity contribution is -0.305. The zero-order valence-electron chi connectivity index (χ0n) is 12.6. The van der Waals surface area contributed by atoms with E-state index in [1.54, 1.807) is 6.08 Å². The van der Waals surface area contributed by atoms with Crippen LogP contribution >= 0.6 is 24.0 Å². The largest absolute Gasteiger partial charge is 0.550 e. The normalized spacial score (nSPS) is 16.2. The van der Waals surface area contributed by atoms with Gasteiger partial charge >= 0.3 is 0 Å². The smallest absolute Gasteiger partial charge is 0.266 e. The van der Waals surface area contributed by atoms with Crippen molar-refractivity contribution in [2.75, 3.05) is 13.2 Å². The summed E-state index contributed by atoms with van der Waals surface area (Å²) in [4.78, 5) is 24.5. The molecule has 0 N–H and O–H groups in total. The minimum Gasteiger partial charge on any atom is -0.550 e. The maximum absolute atomic E-state index is 12.3. The number of amides is 1. The highest BCUT2D eigenvalue weighted by atomic mass is 32.2. The van der Waals surface area contributed by atoms with Gasteiger partial charge in [0, 0.05) is 18.9 Å². The van der Waals surface area contributed by atoms with Crippen molar-refractivity contribution in [3.05, 3.63) is 34.7 Å². The Morgan fingerprint density at radius 1 is 1.39 bits per heavy atom. The number of ether oxygens (including phenoxy) is 1. The number of thiocarbonyl (C=S) groups is 1. The van der Waals surface area contributed by atoms with Crippen LogP contribution in [0.25, 0.3) is 6.08 Å². The molecule has 1 aromatic rings. The average Bonchev–Trinajstić information content (AvgIpc) is 2.78. The fraction of sp³-hybridized carbons (Fsp3) is 0.312. The average molecular weight is 350 g/mol. The number of thioether (sulfide) groups is 1. The van der Waals surface area contributed by atoms with Gasteiger partial charge in [-0.1, -0.05) is 43.0 Å². The van der Waals surface area contributed by atoms with Crippen molar-refractivity contribution in [2.45, 2.75) is 19.8 Å². The Balaban J connectivity index is 2.06. The summed E-state index contributed by atoms with van der Waals surface area (Å²) in [6.07, 6.45) is 2.45. The lowest BCUT2D eigenvalue weighted by Crippen LogP contribution is -2.33. The van der Waals surface area contributed by atoms with E-state index in [0.29, 0.717) is 15.8 Å². The maximum Gasteiger partial charge on any atom is 0.266 e. The van der Waals surface area contributed by atoms with E-state index in [9.17, 15) is 14.7 Å². The molecule has 0 atom stereocenters. The van der Waals surface area contributed by atoms with Crippen molar-refractivity contribution in [3.8, 4) is 5.75 Å². The second-order valence-electron chi connectivity index (χ2n) is 4.87. The van der Waals surface area contributed by atoms with Crippen LogP contribution in [0.5, 0.6) is 5.75 Å². The Morgan fingerprint density at radius 3 is 2.70 bits per heavy atom. The highest BCUT2D eigenvalue weighted by Crippen LogP contribution is 2.32. The van der Waals surface area contributed by atoms with Gasteiger partial charge in [0.1, 0.15) is 10.1 Å². The number of hydrogen-bond donors (Lipinski definition) is 0. The number of carbonyl (C=O) groups is 2. The van der Waals surface area contributed by atoms with Gasteiger partial charge in [0.15, 0.2) is 0 Å². The first-order valence-electron chi connectivity index (χ1n) is 7.19. The lowest BCUT2D eigenvalue weighted by Gasteiger charge is -2.14. The Hall–Kier alpha value is -1.86. The fourth-order valence-corrected chi connectivity index (χ4v) is 3.24. The van der Waals surface area contributed by atoms with Crippen molar-refractivity contribution in [1.29, 1.82) is 0 Å². The van der Waals surface area contributed by atoms with Gasteiger partial charge in [-0.15, -0.1) is 0 Å². The molecule has 1 saturated heterocycles. The number of carboxylic acid groups (broad SMARTS) is 1. The van der Waals surface area contributed by atoms with Crippen LogP contribution in [0.15, 0.2) is 29.2 Å². The summed E-state index contributed by atoms with van der Waals surface area (Å²) in [5.74, 6) is -0.691. The van der Waals surface area contributed by atoms with Crippen LogP contribution in [0, 0.1) is 0 Å². The number of rotatable bonds is 7. The monoisotopic (exact) mass is 350 g/mol. The molecule has 0 aromatic heterocycles. The standard InChI is InChI=1S/C16H17NO4S2/c1-2-9-21-12-5-3-11(4-6-12)10-13-15(20)17(16(22)23-13)8-7-14(18)19/h3-6,10H,2,7-9H2,1H3,(H,18,19)/p-1/b13-10+. The highest BCUT2D eigenvalue weighted by Gasteiger charge is 2.31. The quantitative estimate of drug-likeness (QED) is 0.552. The number of carboxylic acids is 1. The second kappa shape index (κ2) is 8.12. The van der Waals surface area contributed by atoms with Crippen molar-refractivity contribution in [1.82, 2.24) is 4.90 Å². The van der Waals surface area contributed by atoms with Crippen LogP contribution < -0.4 is 9.84 Å². The van der Waals surface area contributed by atoms with Crippen LogP contribution in [-0.2, 0) is 9.59 Å². The highest BCUT2D eigenvalue weighted by molar-refractivity contribution is 8.26. The first-order chi connectivity index (χ1) is 11.0. The third-order valence-corrected chi connectivity index (χ3v) is 4.44. The van der Waals surface area contributed by atoms with Gasteiger partial charge in [-0.05, 0) is 30.2 Å². The molecule has 1 heterocycles. The molecular formula is C16H16NO4S2-. The minimum atomic E-state index is -1.20. The van der Waals surface area contributed by atoms with Crippen molar-refractivity contribution < 1.29 is 19.4 Å². The van der Waals surface area contributed by atoms with Crippen LogP contribution in [0.2, 0.25) is 0 Å². The predicted octanol–water partition coefficient (Wildman–Crippen LogP) is 1.82. The molecule has 7 heteroatoms. The van der Waals surface area contributed by atoms with Gasteiger partial charge in [-0.25, -0.2) is 0 Å². The number of benzene rings is 1. The van der Waals surface area contributed by atoms with E-state index in [1.165, 1.54) is 16.7 Å². The summed E-state index contributed by atoms with van der Waals surface area (Å²) >= 11 is 6.30. The molecule has 1 aliphatic heterocycles. The van der Waals surface area contributed by atoms with Gasteiger partial charge in [-0.2, -0.15) is 0 Å². The summed E-state index contributed by atoms with van der Waals surface area (Å²) in [5.41, 5.74) is 0.856. The van der Waals surface area contributed by atoms with Crippen LogP contribution in [0.1, 0.15) is 25.3 Å². The number of hydrogen-bond acceptors (Lipinski definition) is 6. The number of carbonyl (C=O) groups excluding carboxylic acids is 2. The van der Waals surface area contributed by atoms with E-state index in [4.69, 9.17) is 17.0 Å². The second-order valence-corrected chi connectivity index (χ2v) is 6.55. The zero-order valence-corrected chi connectivity index (χ0v) is 14.2. The van der Waals surface area contributed by atoms with E-state index >= 15 is 0 Å². The summed E-state index contributed by atoms with van der Waals surface area (Å²) in [7, 11) is 0. The fourth-order valence-electron chi connectivity index (χ4n) is 1.93. The number of nitrogens with zero attached hydrogens (tertiary/aromatic N) is 1. The van der Waals surface area contributed by atoms with Crippen molar-refractivity contribution in [2.24, 2.45) is 0 Å². The molecule has 1 aromatic carbocycles. The molecule has 1 amide bonds. The van der Waals surface area contributed by atoms with E-state index in [1.807, 2.05) is 31.2 Å². The third-order valence-electron chi connectivity index (χ3n) is 3.06. The molecule has 0 saturated carbocycles. The molecule has 1 aliphatic rings. The molecule has 122 valence electrons. The van der Waals surface area contributed by atoms with E-state index in [2.05, 4.69) is 0 Å². The van der Waals surface area contributed by atoms with Gasteiger partial charge in [0.05, 0.1) is 11.5 Å². The predicted molar refractivity (Wildman–Crippen MR) is 91.7 cm³/mol. The van der Waals surface area contributed by atoms with Gasteiger partial charge in [0.25, 0.3) is 5.91 Å². The first-order valence-corrected chi connectivity index (χ1v) is 8.42. The lowest BCUT2D eigenvalue weighted by atomic mass is 10.2. The van der Waals surface area contributed by atoms with E-state index in [-0.39, 0.29) is 18.9 Å². The molecule has 0 aliphatic carbocycles. The molecule has 0 radical (unpaired) electrons. The summed E-state index contributed by atoms with van der Waals surface area (Å²) < 4.78 is 5.87. The van der Waals surface area contributed by atoms with Crippen LogP contribution in [0.4, 0.5) is 0 Å². The number of aliphatic carboxylic acids is 1. The third kappa shape index (κ3) is 4.80. The zero-order chi connectivity index (χ0) is 16.8. The molecule has 0 spiro atoms. The Labute approximate surface area is 144 Å². The molecule has 23 heavy (non-hydrogen) atoms. The van der Waals surface area contributed by atoms with Gasteiger partial charge in [-0.3, -0.25) is 9.69 Å². The maximum atomic E-state index is 12.3. The summed E-state index contributed by atoms with van der Waals surface area (Å²) in [6, 6.07) is 7.41. The van der Waals surface area contributed by atoms with Gasteiger partial charge in [0.2, 0.25) is 0 Å². The summed E-state index contributed by atoms with van der Waals surface area (Å²) in [6.45, 7) is 2.74. The molecule has 5 nitrogen and oxygen atoms in total. The topological polar surface area (TPSA) is 69.7 Å². The molecule has 1 fully saturated rings. The minimum absolute atomic E-state index is 0.0358. The van der Waals surface area contributed by atoms with Crippen LogP contribution in [0.3, 0.4) is 0 Å². The SMILES string of the molecule is CCCOc1ccc(/C=C2/SC(=S)N(CCC(=O)[O-])C2=O)cc1. The van der Waals surface area contributed by atoms with Crippen LogP contribution in [-0.4, -0.2) is 34.2 Å². The summed E-state index contributed by atoms with van der Waals surface area (Å²) in [5, 5.41) is 10.5. The molecule has 0 unspecified atom stereocenters. The van der Waals surface area contributed by atoms with Crippen molar-refractivity contribution in [3.63, 3.8) is 0 Å².